The summed E-state index contributed by atoms with van der Waals surface area (Å²) in [7, 11) is 0. The zero-order valence-corrected chi connectivity index (χ0v) is 19.3. The number of amides is 1. The number of imidazole rings is 1. The lowest BCUT2D eigenvalue weighted by Gasteiger charge is -2.35. The molecule has 1 amide bonds. The number of likely N-dealkylation sites (tertiary alicyclic amines) is 1. The van der Waals surface area contributed by atoms with Crippen molar-refractivity contribution in [3.05, 3.63) is 57.3 Å². The molecule has 0 bridgehead atoms. The van der Waals surface area contributed by atoms with Gasteiger partial charge in [-0.15, -0.1) is 0 Å². The molecule has 174 valence electrons. The number of aryl methyl sites for hydroxylation is 3. The van der Waals surface area contributed by atoms with E-state index in [0.29, 0.717) is 18.7 Å². The summed E-state index contributed by atoms with van der Waals surface area (Å²) in [4.78, 5) is 35.3. The van der Waals surface area contributed by atoms with Crippen molar-refractivity contribution < 1.29 is 4.79 Å². The number of fused-ring (bicyclic) bond motifs is 2. The molecule has 8 nitrogen and oxygen atoms in total. The van der Waals surface area contributed by atoms with Gasteiger partial charge in [-0.1, -0.05) is 6.42 Å². The van der Waals surface area contributed by atoms with Gasteiger partial charge < -0.3 is 10.3 Å². The summed E-state index contributed by atoms with van der Waals surface area (Å²) >= 11 is 0. The lowest BCUT2D eigenvalue weighted by Crippen LogP contribution is -2.48. The minimum Gasteiger partial charge on any atom is -0.350 e. The number of nitrogens with one attached hydrogen (secondary N) is 2. The summed E-state index contributed by atoms with van der Waals surface area (Å²) in [6.45, 7) is 4.86. The zero-order valence-electron chi connectivity index (χ0n) is 19.3. The van der Waals surface area contributed by atoms with Crippen molar-refractivity contribution in [2.45, 2.75) is 64.5 Å². The van der Waals surface area contributed by atoms with E-state index in [2.05, 4.69) is 25.3 Å². The van der Waals surface area contributed by atoms with Crippen LogP contribution in [0.5, 0.6) is 0 Å². The maximum Gasteiger partial charge on any atom is 0.267 e. The molecule has 2 aliphatic rings. The van der Waals surface area contributed by atoms with Gasteiger partial charge >= 0.3 is 0 Å². The summed E-state index contributed by atoms with van der Waals surface area (Å²) in [6, 6.07) is 7.62. The molecule has 1 unspecified atom stereocenters. The molecule has 1 atom stereocenters. The van der Waals surface area contributed by atoms with Crippen molar-refractivity contribution in [2.75, 3.05) is 19.6 Å². The molecule has 5 rings (SSSR count). The van der Waals surface area contributed by atoms with E-state index in [1.54, 1.807) is 10.7 Å². The van der Waals surface area contributed by atoms with Crippen LogP contribution < -0.4 is 10.9 Å². The van der Waals surface area contributed by atoms with Gasteiger partial charge in [0, 0.05) is 30.8 Å². The summed E-state index contributed by atoms with van der Waals surface area (Å²) in [5.41, 5.74) is 4.61. The Labute approximate surface area is 193 Å². The Morgan fingerprint density at radius 3 is 2.94 bits per heavy atom. The molecule has 3 aromatic rings. The minimum atomic E-state index is -0.0674. The van der Waals surface area contributed by atoms with Gasteiger partial charge in [-0.25, -0.2) is 9.67 Å². The van der Waals surface area contributed by atoms with Crippen molar-refractivity contribution in [3.63, 3.8) is 0 Å². The first-order chi connectivity index (χ1) is 16.1. The number of H-pyrrole nitrogens is 1. The van der Waals surface area contributed by atoms with Crippen LogP contribution >= 0.6 is 0 Å². The molecule has 0 saturated carbocycles. The highest BCUT2D eigenvalue weighted by Gasteiger charge is 2.23. The molecule has 2 N–H and O–H groups in total. The Morgan fingerprint density at radius 2 is 2.03 bits per heavy atom. The Hall–Kier alpha value is -3.00. The highest BCUT2D eigenvalue weighted by molar-refractivity contribution is 5.97. The Balaban J connectivity index is 1.21. The van der Waals surface area contributed by atoms with Crippen molar-refractivity contribution in [1.82, 2.24) is 30.0 Å². The van der Waals surface area contributed by atoms with E-state index in [1.807, 2.05) is 25.1 Å². The monoisotopic (exact) mass is 448 g/mol. The molecular weight excluding hydrogens is 416 g/mol. The SMILES string of the molecule is Cc1nc2ccc(C(=O)NCC3CCCCN3CCn3nc4c(cc3=O)CCCC4)cc2[nH]1. The number of aromatic nitrogens is 4. The molecule has 8 heteroatoms. The zero-order chi connectivity index (χ0) is 22.8. The molecular formula is C25H32N6O2. The first kappa shape index (κ1) is 21.8. The lowest BCUT2D eigenvalue weighted by atomic mass is 9.97. The molecule has 1 aliphatic carbocycles. The normalized spacial score (nSPS) is 18.9. The van der Waals surface area contributed by atoms with Crippen molar-refractivity contribution in [2.24, 2.45) is 0 Å². The Morgan fingerprint density at radius 1 is 1.15 bits per heavy atom. The predicted octanol–water partition coefficient (Wildman–Crippen LogP) is 2.59. The third-order valence-electron chi connectivity index (χ3n) is 6.98. The predicted molar refractivity (Wildman–Crippen MR) is 128 cm³/mol. The number of carbonyl (C=O) groups excluding carboxylic acids is 1. The number of carbonyl (C=O) groups is 1. The molecule has 0 radical (unpaired) electrons. The molecule has 2 aromatic heterocycles. The summed E-state index contributed by atoms with van der Waals surface area (Å²) in [6.07, 6.45) is 7.59. The second-order valence-electron chi connectivity index (χ2n) is 9.33. The molecule has 1 aliphatic heterocycles. The van der Waals surface area contributed by atoms with Gasteiger partial charge in [0.1, 0.15) is 5.82 Å². The first-order valence-electron chi connectivity index (χ1n) is 12.2. The van der Waals surface area contributed by atoms with E-state index >= 15 is 0 Å². The van der Waals surface area contributed by atoms with Crippen LogP contribution in [0.3, 0.4) is 0 Å². The second-order valence-corrected chi connectivity index (χ2v) is 9.33. The fourth-order valence-corrected chi connectivity index (χ4v) is 5.16. The van der Waals surface area contributed by atoms with Gasteiger partial charge in [-0.05, 0) is 75.8 Å². The van der Waals surface area contributed by atoms with Crippen LogP contribution in [0, 0.1) is 6.92 Å². The highest BCUT2D eigenvalue weighted by Crippen LogP contribution is 2.19. The van der Waals surface area contributed by atoms with Crippen LogP contribution in [0.15, 0.2) is 29.1 Å². The van der Waals surface area contributed by atoms with E-state index in [9.17, 15) is 9.59 Å². The number of aromatic amines is 1. The average molecular weight is 449 g/mol. The minimum absolute atomic E-state index is 0.00180. The smallest absolute Gasteiger partial charge is 0.267 e. The standard InChI is InChI=1S/C25H32N6O2/c1-17-27-22-10-9-19(14-23(22)28-17)25(33)26-16-20-7-4-5-11-30(20)12-13-31-24(32)15-18-6-2-3-8-21(18)29-31/h9-10,14-15,20H,2-8,11-13,16H2,1H3,(H,26,33)(H,27,28). The Bertz CT molecular complexity index is 1210. The number of hydrogen-bond donors (Lipinski definition) is 2. The molecule has 3 heterocycles. The summed E-state index contributed by atoms with van der Waals surface area (Å²) in [5, 5.41) is 7.78. The average Bonchev–Trinajstić information content (AvgIpc) is 3.21. The van der Waals surface area contributed by atoms with Gasteiger partial charge in [0.25, 0.3) is 11.5 Å². The fraction of sp³-hybridized carbons (Fsp3) is 0.520. The number of hydrogen-bond acceptors (Lipinski definition) is 5. The Kier molecular flexibility index (Phi) is 6.26. The van der Waals surface area contributed by atoms with Crippen LogP contribution in [-0.2, 0) is 19.4 Å². The fourth-order valence-electron chi connectivity index (χ4n) is 5.16. The number of piperidine rings is 1. The van der Waals surface area contributed by atoms with Gasteiger partial charge in [-0.3, -0.25) is 14.5 Å². The van der Waals surface area contributed by atoms with E-state index in [-0.39, 0.29) is 17.5 Å². The molecule has 33 heavy (non-hydrogen) atoms. The first-order valence-corrected chi connectivity index (χ1v) is 12.2. The third-order valence-corrected chi connectivity index (χ3v) is 6.98. The topological polar surface area (TPSA) is 95.9 Å². The molecule has 1 fully saturated rings. The van der Waals surface area contributed by atoms with Crippen LogP contribution in [0.2, 0.25) is 0 Å². The maximum absolute atomic E-state index is 12.8. The highest BCUT2D eigenvalue weighted by atomic mass is 16.1. The van der Waals surface area contributed by atoms with Crippen LogP contribution in [0.4, 0.5) is 0 Å². The van der Waals surface area contributed by atoms with Crippen molar-refractivity contribution in [1.29, 1.82) is 0 Å². The number of benzene rings is 1. The van der Waals surface area contributed by atoms with Crippen LogP contribution in [0.1, 0.15) is 59.5 Å². The van der Waals surface area contributed by atoms with Gasteiger partial charge in [0.15, 0.2) is 0 Å². The van der Waals surface area contributed by atoms with E-state index in [0.717, 1.165) is 86.2 Å². The molecule has 0 spiro atoms. The van der Waals surface area contributed by atoms with Crippen LogP contribution in [0.25, 0.3) is 11.0 Å². The van der Waals surface area contributed by atoms with Gasteiger partial charge in [0.2, 0.25) is 0 Å². The summed E-state index contributed by atoms with van der Waals surface area (Å²) in [5.74, 6) is 0.773. The maximum atomic E-state index is 12.8. The number of rotatable bonds is 6. The quantitative estimate of drug-likeness (QED) is 0.604. The lowest BCUT2D eigenvalue weighted by molar-refractivity contribution is 0.0909. The molecule has 1 aromatic carbocycles. The van der Waals surface area contributed by atoms with Gasteiger partial charge in [-0.2, -0.15) is 5.10 Å². The van der Waals surface area contributed by atoms with Crippen LogP contribution in [-0.4, -0.2) is 56.2 Å². The van der Waals surface area contributed by atoms with E-state index in [1.165, 1.54) is 0 Å². The van der Waals surface area contributed by atoms with Gasteiger partial charge in [0.05, 0.1) is 23.3 Å². The van der Waals surface area contributed by atoms with E-state index < -0.39 is 0 Å². The largest absolute Gasteiger partial charge is 0.350 e. The molecule has 1 saturated heterocycles. The van der Waals surface area contributed by atoms with Crippen molar-refractivity contribution >= 4 is 16.9 Å². The third kappa shape index (κ3) is 4.85. The second kappa shape index (κ2) is 9.47. The van der Waals surface area contributed by atoms with E-state index in [4.69, 9.17) is 0 Å². The number of nitrogens with zero attached hydrogens (tertiary/aromatic N) is 4. The summed E-state index contributed by atoms with van der Waals surface area (Å²) < 4.78 is 1.63. The van der Waals surface area contributed by atoms with Crippen molar-refractivity contribution in [3.8, 4) is 0 Å².